The van der Waals surface area contributed by atoms with Gasteiger partial charge in [-0.2, -0.15) is 0 Å². The zero-order chi connectivity index (χ0) is 21.9. The fourth-order valence-electron chi connectivity index (χ4n) is 3.60. The Morgan fingerprint density at radius 1 is 1.00 bits per heavy atom. The minimum atomic E-state index is -0.338. The molecule has 3 aromatic heterocycles. The molecule has 4 heterocycles. The minimum absolute atomic E-state index is 0.185. The summed E-state index contributed by atoms with van der Waals surface area (Å²) in [6, 6.07) is 13.9. The predicted molar refractivity (Wildman–Crippen MR) is 118 cm³/mol. The van der Waals surface area contributed by atoms with E-state index in [4.69, 9.17) is 4.74 Å². The van der Waals surface area contributed by atoms with Gasteiger partial charge in [-0.1, -0.05) is 12.1 Å². The van der Waals surface area contributed by atoms with Crippen molar-refractivity contribution in [3.63, 3.8) is 0 Å². The maximum atomic E-state index is 13.2. The SMILES string of the molecule is O=C1Nc2cccc(n2)-c2nncn2CCCCOc2ccc(-c3ccc(=O)[nH]c3)cc21. The number of carbonyl (C=O) groups is 1. The minimum Gasteiger partial charge on any atom is -0.493 e. The van der Waals surface area contributed by atoms with Crippen LogP contribution in [0.5, 0.6) is 5.75 Å². The maximum absolute atomic E-state index is 13.2. The lowest BCUT2D eigenvalue weighted by atomic mass is 10.0. The number of aromatic amines is 1. The highest BCUT2D eigenvalue weighted by Gasteiger charge is 2.17. The van der Waals surface area contributed by atoms with Gasteiger partial charge in [-0.15, -0.1) is 10.2 Å². The highest BCUT2D eigenvalue weighted by molar-refractivity contribution is 6.06. The number of H-pyrrole nitrogens is 1. The molecule has 2 N–H and O–H groups in total. The molecule has 1 aromatic carbocycles. The van der Waals surface area contributed by atoms with Gasteiger partial charge < -0.3 is 19.6 Å². The van der Waals surface area contributed by atoms with E-state index in [0.717, 1.165) is 30.5 Å². The molecule has 0 radical (unpaired) electrons. The lowest BCUT2D eigenvalue weighted by Gasteiger charge is -2.15. The van der Waals surface area contributed by atoms with Crippen molar-refractivity contribution in [1.29, 1.82) is 0 Å². The number of aromatic nitrogens is 5. The Labute approximate surface area is 183 Å². The second kappa shape index (κ2) is 8.46. The molecule has 0 saturated carbocycles. The highest BCUT2D eigenvalue weighted by Crippen LogP contribution is 2.28. The first kappa shape index (κ1) is 19.7. The predicted octanol–water partition coefficient (Wildman–Crippen LogP) is 3.12. The number of amides is 1. The summed E-state index contributed by atoms with van der Waals surface area (Å²) < 4.78 is 7.91. The summed E-state index contributed by atoms with van der Waals surface area (Å²) >= 11 is 0. The molecule has 0 unspecified atom stereocenters. The molecule has 9 nitrogen and oxygen atoms in total. The standard InChI is InChI=1S/C23H20N6O3/c30-21-9-7-16(13-24-21)15-6-8-19-17(12-15)23(31)27-20-5-3-4-18(26-20)22-28-25-14-29(22)10-1-2-11-32-19/h3-9,12-14H,1-2,10-11H2,(H,24,30)(H,26,27,31). The van der Waals surface area contributed by atoms with Crippen LogP contribution in [0, 0.1) is 0 Å². The molecule has 0 saturated heterocycles. The van der Waals surface area contributed by atoms with E-state index in [1.165, 1.54) is 6.07 Å². The van der Waals surface area contributed by atoms with Crippen LogP contribution in [0.15, 0.2) is 65.8 Å². The smallest absolute Gasteiger partial charge is 0.260 e. The summed E-state index contributed by atoms with van der Waals surface area (Å²) in [5.74, 6) is 1.21. The van der Waals surface area contributed by atoms with Gasteiger partial charge in [-0.3, -0.25) is 9.59 Å². The van der Waals surface area contributed by atoms with Crippen LogP contribution in [-0.4, -0.2) is 37.2 Å². The molecule has 9 heteroatoms. The van der Waals surface area contributed by atoms with Crippen LogP contribution in [0.1, 0.15) is 23.2 Å². The molecular formula is C23H20N6O3. The third-order valence-corrected chi connectivity index (χ3v) is 5.23. The Morgan fingerprint density at radius 2 is 1.91 bits per heavy atom. The number of carbonyl (C=O) groups excluding carboxylic acids is 1. The number of aryl methyl sites for hydroxylation is 1. The maximum Gasteiger partial charge on any atom is 0.260 e. The first-order chi connectivity index (χ1) is 15.7. The van der Waals surface area contributed by atoms with Gasteiger partial charge in [0.15, 0.2) is 5.82 Å². The van der Waals surface area contributed by atoms with Crippen molar-refractivity contribution < 1.29 is 9.53 Å². The van der Waals surface area contributed by atoms with Gasteiger partial charge in [0.1, 0.15) is 23.6 Å². The zero-order valence-corrected chi connectivity index (χ0v) is 17.1. The van der Waals surface area contributed by atoms with E-state index in [0.29, 0.717) is 35.3 Å². The van der Waals surface area contributed by atoms with Crippen LogP contribution >= 0.6 is 0 Å². The number of nitrogens with one attached hydrogen (secondary N) is 2. The summed E-state index contributed by atoms with van der Waals surface area (Å²) in [5.41, 5.74) is 2.42. The van der Waals surface area contributed by atoms with Crippen LogP contribution in [0.25, 0.3) is 22.6 Å². The highest BCUT2D eigenvalue weighted by atomic mass is 16.5. The van der Waals surface area contributed by atoms with Crippen LogP contribution in [0.2, 0.25) is 0 Å². The largest absolute Gasteiger partial charge is 0.493 e. The summed E-state index contributed by atoms with van der Waals surface area (Å²) in [7, 11) is 0. The van der Waals surface area contributed by atoms with Crippen molar-refractivity contribution >= 4 is 11.7 Å². The van der Waals surface area contributed by atoms with Crippen molar-refractivity contribution in [2.45, 2.75) is 19.4 Å². The van der Waals surface area contributed by atoms with Gasteiger partial charge in [0, 0.05) is 18.8 Å². The summed E-state index contributed by atoms with van der Waals surface area (Å²) in [6.07, 6.45) is 4.96. The molecule has 0 atom stereocenters. The van der Waals surface area contributed by atoms with Crippen LogP contribution in [0.3, 0.4) is 0 Å². The zero-order valence-electron chi connectivity index (χ0n) is 17.1. The molecule has 160 valence electrons. The summed E-state index contributed by atoms with van der Waals surface area (Å²) in [5, 5.41) is 11.1. The number of pyridine rings is 2. The van der Waals surface area contributed by atoms with E-state index in [9.17, 15) is 9.59 Å². The molecule has 0 spiro atoms. The first-order valence-electron chi connectivity index (χ1n) is 10.3. The van der Waals surface area contributed by atoms with E-state index in [-0.39, 0.29) is 11.5 Å². The number of anilines is 1. The molecule has 0 aliphatic carbocycles. The lowest BCUT2D eigenvalue weighted by Crippen LogP contribution is -2.16. The Hall–Kier alpha value is -4.27. The molecule has 32 heavy (non-hydrogen) atoms. The number of hydrogen-bond donors (Lipinski definition) is 2. The third kappa shape index (κ3) is 4.00. The quantitative estimate of drug-likeness (QED) is 0.481. The van der Waals surface area contributed by atoms with Crippen molar-refractivity contribution in [1.82, 2.24) is 24.7 Å². The van der Waals surface area contributed by atoms with Crippen molar-refractivity contribution in [3.05, 3.63) is 77.0 Å². The molecule has 1 aliphatic rings. The van der Waals surface area contributed by atoms with Crippen LogP contribution in [0.4, 0.5) is 5.82 Å². The van der Waals surface area contributed by atoms with E-state index < -0.39 is 0 Å². The normalized spacial score (nSPS) is 13.8. The average molecular weight is 428 g/mol. The molecule has 2 bridgehead atoms. The molecule has 1 amide bonds. The van der Waals surface area contributed by atoms with Gasteiger partial charge in [-0.05, 0) is 54.3 Å². The molecule has 0 fully saturated rings. The van der Waals surface area contributed by atoms with Gasteiger partial charge in [-0.25, -0.2) is 4.98 Å². The van der Waals surface area contributed by atoms with Gasteiger partial charge >= 0.3 is 0 Å². The number of nitrogens with zero attached hydrogens (tertiary/aromatic N) is 4. The number of ether oxygens (including phenoxy) is 1. The average Bonchev–Trinajstić information content (AvgIpc) is 3.28. The Morgan fingerprint density at radius 3 is 2.78 bits per heavy atom. The summed E-state index contributed by atoms with van der Waals surface area (Å²) in [4.78, 5) is 31.8. The third-order valence-electron chi connectivity index (χ3n) is 5.23. The van der Waals surface area contributed by atoms with E-state index in [1.54, 1.807) is 36.8 Å². The molecule has 5 rings (SSSR count). The number of benzene rings is 1. The van der Waals surface area contributed by atoms with Gasteiger partial charge in [0.25, 0.3) is 5.91 Å². The second-order valence-electron chi connectivity index (χ2n) is 7.42. The molecule has 1 aliphatic heterocycles. The van der Waals surface area contributed by atoms with Crippen molar-refractivity contribution in [2.24, 2.45) is 0 Å². The van der Waals surface area contributed by atoms with Crippen molar-refractivity contribution in [3.8, 4) is 28.4 Å². The van der Waals surface area contributed by atoms with E-state index in [1.807, 2.05) is 22.8 Å². The van der Waals surface area contributed by atoms with E-state index in [2.05, 4.69) is 25.5 Å². The van der Waals surface area contributed by atoms with Crippen LogP contribution < -0.4 is 15.6 Å². The van der Waals surface area contributed by atoms with Gasteiger partial charge in [0.05, 0.1) is 12.2 Å². The van der Waals surface area contributed by atoms with Crippen molar-refractivity contribution in [2.75, 3.05) is 11.9 Å². The first-order valence-corrected chi connectivity index (χ1v) is 10.3. The lowest BCUT2D eigenvalue weighted by molar-refractivity contribution is 0.102. The topological polar surface area (TPSA) is 115 Å². The van der Waals surface area contributed by atoms with Crippen LogP contribution in [-0.2, 0) is 6.54 Å². The number of rotatable bonds is 1. The number of hydrogen-bond acceptors (Lipinski definition) is 6. The Kier molecular flexibility index (Phi) is 5.20. The molecule has 4 aromatic rings. The monoisotopic (exact) mass is 428 g/mol. The molecular weight excluding hydrogens is 408 g/mol. The summed E-state index contributed by atoms with van der Waals surface area (Å²) in [6.45, 7) is 1.21. The number of fused-ring (bicyclic) bond motifs is 5. The second-order valence-corrected chi connectivity index (χ2v) is 7.42. The fourth-order valence-corrected chi connectivity index (χ4v) is 3.60. The fraction of sp³-hybridized carbons (Fsp3) is 0.174. The Bertz CT molecular complexity index is 1320. The van der Waals surface area contributed by atoms with Gasteiger partial charge in [0.2, 0.25) is 5.56 Å². The Balaban J connectivity index is 1.54. The van der Waals surface area contributed by atoms with E-state index >= 15 is 0 Å².